The third-order valence-corrected chi connectivity index (χ3v) is 3.73. The Kier molecular flexibility index (Phi) is 4.81. The fraction of sp³-hybridized carbons (Fsp3) is 0.471. The number of hydrogen-bond donors (Lipinski definition) is 2. The largest absolute Gasteiger partial charge is 0.384 e. The minimum absolute atomic E-state index is 0.0801. The van der Waals surface area contributed by atoms with Gasteiger partial charge in [-0.3, -0.25) is 4.79 Å². The Labute approximate surface area is 120 Å². The average Bonchev–Trinajstić information content (AvgIpc) is 3.27. The normalized spacial score (nSPS) is 15.2. The lowest BCUT2D eigenvalue weighted by Crippen LogP contribution is -2.29. The fourth-order valence-electron chi connectivity index (χ4n) is 2.27. The Morgan fingerprint density at radius 3 is 2.90 bits per heavy atom. The molecule has 1 fully saturated rings. The topological polar surface area (TPSA) is 49.3 Å². The van der Waals surface area contributed by atoms with E-state index < -0.39 is 0 Å². The molecular weight excluding hydrogens is 250 g/mol. The number of amides is 1. The van der Waals surface area contributed by atoms with Crippen molar-refractivity contribution in [3.05, 3.63) is 34.9 Å². The maximum absolute atomic E-state index is 12.3. The molecule has 0 aromatic heterocycles. The molecule has 1 saturated carbocycles. The molecule has 1 atom stereocenters. The Morgan fingerprint density at radius 1 is 1.50 bits per heavy atom. The van der Waals surface area contributed by atoms with Crippen LogP contribution in [0, 0.1) is 30.6 Å². The van der Waals surface area contributed by atoms with Crippen LogP contribution in [-0.2, 0) is 0 Å². The average molecular weight is 271 g/mol. The van der Waals surface area contributed by atoms with Gasteiger partial charge in [0.2, 0.25) is 0 Å². The van der Waals surface area contributed by atoms with Crippen molar-refractivity contribution in [3.8, 4) is 11.8 Å². The van der Waals surface area contributed by atoms with E-state index in [-0.39, 0.29) is 12.5 Å². The van der Waals surface area contributed by atoms with Crippen LogP contribution in [0.3, 0.4) is 0 Å². The van der Waals surface area contributed by atoms with E-state index in [1.54, 1.807) is 0 Å². The summed E-state index contributed by atoms with van der Waals surface area (Å²) < 4.78 is 0. The second kappa shape index (κ2) is 6.58. The third-order valence-electron chi connectivity index (χ3n) is 3.73. The van der Waals surface area contributed by atoms with Crippen LogP contribution >= 0.6 is 0 Å². The summed E-state index contributed by atoms with van der Waals surface area (Å²) in [5.41, 5.74) is 2.29. The van der Waals surface area contributed by atoms with Gasteiger partial charge in [0.05, 0.1) is 5.56 Å². The molecule has 1 aromatic rings. The number of carbonyl (C=O) groups is 1. The van der Waals surface area contributed by atoms with Crippen molar-refractivity contribution in [3.63, 3.8) is 0 Å². The molecule has 0 bridgehead atoms. The molecule has 106 valence electrons. The van der Waals surface area contributed by atoms with E-state index in [2.05, 4.69) is 24.1 Å². The molecule has 1 amide bonds. The fourth-order valence-corrected chi connectivity index (χ4v) is 2.27. The highest BCUT2D eigenvalue weighted by Crippen LogP contribution is 2.36. The first-order valence-corrected chi connectivity index (χ1v) is 7.10. The summed E-state index contributed by atoms with van der Waals surface area (Å²) in [6.07, 6.45) is 2.57. The first kappa shape index (κ1) is 14.6. The molecule has 3 nitrogen and oxygen atoms in total. The number of benzene rings is 1. The van der Waals surface area contributed by atoms with Crippen LogP contribution in [0.2, 0.25) is 0 Å². The molecule has 1 aliphatic rings. The van der Waals surface area contributed by atoms with Gasteiger partial charge in [0.15, 0.2) is 0 Å². The van der Waals surface area contributed by atoms with Gasteiger partial charge in [-0.1, -0.05) is 30.4 Å². The predicted octanol–water partition coefficient (Wildman–Crippen LogP) is 2.11. The maximum atomic E-state index is 12.3. The summed E-state index contributed by atoms with van der Waals surface area (Å²) in [6, 6.07) is 5.60. The lowest BCUT2D eigenvalue weighted by Gasteiger charge is -2.12. The van der Waals surface area contributed by atoms with E-state index in [0.29, 0.717) is 23.6 Å². The Hall–Kier alpha value is -1.79. The molecule has 20 heavy (non-hydrogen) atoms. The lowest BCUT2D eigenvalue weighted by molar-refractivity contribution is 0.0946. The number of aryl methyl sites for hydroxylation is 1. The number of carbonyl (C=O) groups excluding carboxylic acids is 1. The summed E-state index contributed by atoms with van der Waals surface area (Å²) in [5, 5.41) is 11.8. The summed E-state index contributed by atoms with van der Waals surface area (Å²) >= 11 is 0. The molecule has 0 aliphatic heterocycles. The Morgan fingerprint density at radius 2 is 2.25 bits per heavy atom. The highest BCUT2D eigenvalue weighted by Gasteiger charge is 2.28. The monoisotopic (exact) mass is 271 g/mol. The highest BCUT2D eigenvalue weighted by atomic mass is 16.2. The zero-order valence-corrected chi connectivity index (χ0v) is 12.1. The van der Waals surface area contributed by atoms with Crippen molar-refractivity contribution in [2.24, 2.45) is 11.8 Å². The molecule has 2 rings (SSSR count). The lowest BCUT2D eigenvalue weighted by atomic mass is 10.0. The number of nitrogens with one attached hydrogen (secondary N) is 1. The smallest absolute Gasteiger partial charge is 0.252 e. The van der Waals surface area contributed by atoms with Gasteiger partial charge in [-0.2, -0.15) is 0 Å². The zero-order valence-electron chi connectivity index (χ0n) is 12.1. The van der Waals surface area contributed by atoms with Gasteiger partial charge in [0.25, 0.3) is 5.91 Å². The molecule has 0 spiro atoms. The van der Waals surface area contributed by atoms with Gasteiger partial charge < -0.3 is 10.4 Å². The molecule has 1 aliphatic carbocycles. The number of rotatable bonds is 4. The molecule has 0 heterocycles. The van der Waals surface area contributed by atoms with Crippen molar-refractivity contribution in [2.75, 3.05) is 13.2 Å². The van der Waals surface area contributed by atoms with E-state index in [9.17, 15) is 4.79 Å². The second-order valence-electron chi connectivity index (χ2n) is 5.53. The van der Waals surface area contributed by atoms with Gasteiger partial charge in [0, 0.05) is 12.1 Å². The van der Waals surface area contributed by atoms with Crippen LogP contribution in [0.25, 0.3) is 0 Å². The van der Waals surface area contributed by atoms with Gasteiger partial charge in [0.1, 0.15) is 6.61 Å². The Bertz CT molecular complexity index is 550. The number of aliphatic hydroxyl groups excluding tert-OH is 1. The molecule has 1 aromatic carbocycles. The second-order valence-corrected chi connectivity index (χ2v) is 5.53. The summed E-state index contributed by atoms with van der Waals surface area (Å²) in [6.45, 7) is 4.64. The molecule has 1 unspecified atom stereocenters. The van der Waals surface area contributed by atoms with Crippen molar-refractivity contribution in [1.82, 2.24) is 5.32 Å². The molecule has 0 radical (unpaired) electrons. The van der Waals surface area contributed by atoms with E-state index in [1.165, 1.54) is 12.8 Å². The first-order valence-electron chi connectivity index (χ1n) is 7.10. The Balaban J connectivity index is 2.08. The minimum atomic E-state index is -0.201. The highest BCUT2D eigenvalue weighted by molar-refractivity contribution is 5.96. The van der Waals surface area contributed by atoms with Gasteiger partial charge in [-0.15, -0.1) is 0 Å². The van der Waals surface area contributed by atoms with E-state index >= 15 is 0 Å². The van der Waals surface area contributed by atoms with Crippen molar-refractivity contribution in [1.29, 1.82) is 0 Å². The number of hydrogen-bond acceptors (Lipinski definition) is 2. The standard InChI is InChI=1S/C17H21NO2/c1-12-5-6-15(4-3-9-19)16(10-12)17(20)18-11-13(2)14-7-8-14/h5-6,10,13-14,19H,7-9,11H2,1-2H3,(H,18,20). The SMILES string of the molecule is Cc1ccc(C#CCO)c(C(=O)NCC(C)C2CC2)c1. The van der Waals surface area contributed by atoms with Gasteiger partial charge in [-0.25, -0.2) is 0 Å². The van der Waals surface area contributed by atoms with Crippen molar-refractivity contribution >= 4 is 5.91 Å². The molecule has 2 N–H and O–H groups in total. The minimum Gasteiger partial charge on any atom is -0.384 e. The van der Waals surface area contributed by atoms with Crippen LogP contribution in [-0.4, -0.2) is 24.2 Å². The van der Waals surface area contributed by atoms with Crippen molar-refractivity contribution in [2.45, 2.75) is 26.7 Å². The predicted molar refractivity (Wildman–Crippen MR) is 79.4 cm³/mol. The van der Waals surface area contributed by atoms with E-state index in [4.69, 9.17) is 5.11 Å². The third kappa shape index (κ3) is 3.85. The molecule has 3 heteroatoms. The van der Waals surface area contributed by atoms with Crippen LogP contribution in [0.5, 0.6) is 0 Å². The van der Waals surface area contributed by atoms with Crippen LogP contribution < -0.4 is 5.32 Å². The quantitative estimate of drug-likeness (QED) is 0.824. The zero-order chi connectivity index (χ0) is 14.5. The van der Waals surface area contributed by atoms with E-state index in [1.807, 2.05) is 25.1 Å². The molecule has 0 saturated heterocycles. The molecular formula is C17H21NO2. The van der Waals surface area contributed by atoms with E-state index in [0.717, 1.165) is 11.5 Å². The van der Waals surface area contributed by atoms with Crippen LogP contribution in [0.15, 0.2) is 18.2 Å². The van der Waals surface area contributed by atoms with Crippen LogP contribution in [0.1, 0.15) is 41.3 Å². The summed E-state index contributed by atoms with van der Waals surface area (Å²) in [5.74, 6) is 6.67. The summed E-state index contributed by atoms with van der Waals surface area (Å²) in [7, 11) is 0. The first-order chi connectivity index (χ1) is 9.61. The summed E-state index contributed by atoms with van der Waals surface area (Å²) in [4.78, 5) is 12.3. The van der Waals surface area contributed by atoms with Crippen LogP contribution in [0.4, 0.5) is 0 Å². The van der Waals surface area contributed by atoms with Crippen molar-refractivity contribution < 1.29 is 9.90 Å². The van der Waals surface area contributed by atoms with Gasteiger partial charge >= 0.3 is 0 Å². The number of aliphatic hydroxyl groups is 1. The maximum Gasteiger partial charge on any atom is 0.252 e. The van der Waals surface area contributed by atoms with Gasteiger partial charge in [-0.05, 0) is 43.7 Å².